The van der Waals surface area contributed by atoms with Crippen molar-refractivity contribution < 1.29 is 9.53 Å². The SMILES string of the molecule is COC(SC)C(=O)c1[nH]c2cc(Br)c(Cl)cc2c1-c1ccccn1. The lowest BCUT2D eigenvalue weighted by Crippen LogP contribution is -2.20. The van der Waals surface area contributed by atoms with Gasteiger partial charge in [-0.1, -0.05) is 17.7 Å². The fraction of sp³-hybridized carbons (Fsp3) is 0.176. The van der Waals surface area contributed by atoms with Crippen LogP contribution in [0.25, 0.3) is 22.2 Å². The van der Waals surface area contributed by atoms with Crippen LogP contribution in [0.3, 0.4) is 0 Å². The van der Waals surface area contributed by atoms with Crippen molar-refractivity contribution in [1.82, 2.24) is 9.97 Å². The number of carbonyl (C=O) groups is 1. The Kier molecular flexibility index (Phi) is 5.30. The van der Waals surface area contributed by atoms with Crippen LogP contribution in [0.15, 0.2) is 41.0 Å². The quantitative estimate of drug-likeness (QED) is 0.453. The monoisotopic (exact) mass is 424 g/mol. The van der Waals surface area contributed by atoms with Crippen molar-refractivity contribution in [2.24, 2.45) is 0 Å². The number of nitrogens with one attached hydrogen (secondary N) is 1. The molecule has 0 aliphatic rings. The number of benzene rings is 1. The molecule has 1 unspecified atom stereocenters. The zero-order valence-corrected chi connectivity index (χ0v) is 16.1. The number of ketones is 1. The van der Waals surface area contributed by atoms with Crippen molar-refractivity contribution in [1.29, 1.82) is 0 Å². The lowest BCUT2D eigenvalue weighted by Gasteiger charge is -2.11. The number of Topliss-reactive ketones (excluding diaryl/α,β-unsaturated/α-hetero) is 1. The van der Waals surface area contributed by atoms with Gasteiger partial charge in [0.1, 0.15) is 0 Å². The molecule has 0 saturated heterocycles. The van der Waals surface area contributed by atoms with Crippen molar-refractivity contribution in [3.63, 3.8) is 0 Å². The number of halogens is 2. The Balaban J connectivity index is 2.30. The number of aromatic nitrogens is 2. The highest BCUT2D eigenvalue weighted by Crippen LogP contribution is 2.37. The van der Waals surface area contributed by atoms with Crippen LogP contribution in [0.1, 0.15) is 10.5 Å². The summed E-state index contributed by atoms with van der Waals surface area (Å²) >= 11 is 11.0. The number of ether oxygens (including phenoxy) is 1. The van der Waals surface area contributed by atoms with E-state index in [1.54, 1.807) is 6.20 Å². The molecule has 0 saturated carbocycles. The summed E-state index contributed by atoms with van der Waals surface area (Å²) in [5.41, 5.74) is 2.15. The highest BCUT2D eigenvalue weighted by molar-refractivity contribution is 9.10. The number of methoxy groups -OCH3 is 1. The van der Waals surface area contributed by atoms with E-state index in [2.05, 4.69) is 25.9 Å². The van der Waals surface area contributed by atoms with Gasteiger partial charge in [0.25, 0.3) is 0 Å². The highest BCUT2D eigenvalue weighted by atomic mass is 79.9. The molecule has 1 N–H and O–H groups in total. The van der Waals surface area contributed by atoms with Gasteiger partial charge in [0.15, 0.2) is 5.44 Å². The molecule has 24 heavy (non-hydrogen) atoms. The lowest BCUT2D eigenvalue weighted by atomic mass is 10.0. The molecular weight excluding hydrogens is 412 g/mol. The standard InChI is InChI=1S/C17H14BrClN2O2S/c1-23-17(24-2)16(22)15-14(12-5-3-4-6-20-12)9-7-11(19)10(18)8-13(9)21-15/h3-8,17,21H,1-2H3. The van der Waals surface area contributed by atoms with Gasteiger partial charge in [0.05, 0.1) is 16.4 Å². The second kappa shape index (κ2) is 7.27. The van der Waals surface area contributed by atoms with Crippen LogP contribution in [0, 0.1) is 0 Å². The van der Waals surface area contributed by atoms with E-state index in [-0.39, 0.29) is 5.78 Å². The molecule has 2 heterocycles. The fourth-order valence-corrected chi connectivity index (χ4v) is 3.61. The van der Waals surface area contributed by atoms with Crippen molar-refractivity contribution >= 4 is 56.0 Å². The Bertz CT molecular complexity index is 894. The molecule has 3 aromatic rings. The van der Waals surface area contributed by atoms with E-state index in [4.69, 9.17) is 16.3 Å². The maximum absolute atomic E-state index is 12.9. The first-order valence-electron chi connectivity index (χ1n) is 7.08. The van der Waals surface area contributed by atoms with Crippen LogP contribution in [0.5, 0.6) is 0 Å². The van der Waals surface area contributed by atoms with Crippen LogP contribution in [0.2, 0.25) is 5.02 Å². The van der Waals surface area contributed by atoms with Gasteiger partial charge in [-0.2, -0.15) is 0 Å². The Labute approximate surface area is 157 Å². The molecule has 0 bridgehead atoms. The second-order valence-corrected chi connectivity index (χ2v) is 7.23. The number of fused-ring (bicyclic) bond motifs is 1. The van der Waals surface area contributed by atoms with Gasteiger partial charge in [0.2, 0.25) is 5.78 Å². The summed E-state index contributed by atoms with van der Waals surface area (Å²) < 4.78 is 6.05. The molecule has 0 spiro atoms. The molecule has 7 heteroatoms. The maximum Gasteiger partial charge on any atom is 0.218 e. The summed E-state index contributed by atoms with van der Waals surface area (Å²) in [7, 11) is 1.52. The number of aromatic amines is 1. The minimum Gasteiger partial charge on any atom is -0.362 e. The Morgan fingerprint density at radius 3 is 2.83 bits per heavy atom. The van der Waals surface area contributed by atoms with Crippen LogP contribution in [0.4, 0.5) is 0 Å². The molecule has 0 aliphatic heterocycles. The van der Waals surface area contributed by atoms with Gasteiger partial charge in [-0.3, -0.25) is 9.78 Å². The molecule has 1 atom stereocenters. The van der Waals surface area contributed by atoms with Crippen molar-refractivity contribution in [2.45, 2.75) is 5.44 Å². The molecule has 0 fully saturated rings. The molecule has 0 radical (unpaired) electrons. The van der Waals surface area contributed by atoms with E-state index in [1.807, 2.05) is 36.6 Å². The highest BCUT2D eigenvalue weighted by Gasteiger charge is 2.26. The van der Waals surface area contributed by atoms with E-state index < -0.39 is 5.44 Å². The zero-order chi connectivity index (χ0) is 17.3. The van der Waals surface area contributed by atoms with Gasteiger partial charge >= 0.3 is 0 Å². The van der Waals surface area contributed by atoms with Crippen LogP contribution in [-0.2, 0) is 4.74 Å². The van der Waals surface area contributed by atoms with E-state index >= 15 is 0 Å². The van der Waals surface area contributed by atoms with E-state index in [0.29, 0.717) is 16.4 Å². The summed E-state index contributed by atoms with van der Waals surface area (Å²) in [6.45, 7) is 0. The summed E-state index contributed by atoms with van der Waals surface area (Å²) in [5, 5.41) is 1.42. The van der Waals surface area contributed by atoms with Crippen molar-refractivity contribution in [3.05, 3.63) is 51.7 Å². The minimum atomic E-state index is -0.584. The topological polar surface area (TPSA) is 55.0 Å². The molecule has 0 amide bonds. The average molecular weight is 426 g/mol. The van der Waals surface area contributed by atoms with Crippen LogP contribution >= 0.6 is 39.3 Å². The summed E-state index contributed by atoms with van der Waals surface area (Å²) in [6, 6.07) is 9.29. The number of hydrogen-bond donors (Lipinski definition) is 1. The predicted molar refractivity (Wildman–Crippen MR) is 103 cm³/mol. The smallest absolute Gasteiger partial charge is 0.218 e. The second-order valence-electron chi connectivity index (χ2n) is 5.07. The number of thioether (sulfide) groups is 1. The molecule has 3 rings (SSSR count). The van der Waals surface area contributed by atoms with E-state index in [9.17, 15) is 4.79 Å². The van der Waals surface area contributed by atoms with Gasteiger partial charge in [0, 0.05) is 34.2 Å². The Morgan fingerprint density at radius 1 is 1.42 bits per heavy atom. The molecule has 124 valence electrons. The van der Waals surface area contributed by atoms with Gasteiger partial charge in [-0.05, 0) is 46.5 Å². The first-order valence-corrected chi connectivity index (χ1v) is 9.54. The predicted octanol–water partition coefficient (Wildman–Crippen LogP) is 5.16. The number of pyridine rings is 1. The van der Waals surface area contributed by atoms with E-state index in [1.165, 1.54) is 18.9 Å². The first kappa shape index (κ1) is 17.5. The van der Waals surface area contributed by atoms with Crippen molar-refractivity contribution in [3.8, 4) is 11.3 Å². The van der Waals surface area contributed by atoms with Gasteiger partial charge in [-0.25, -0.2) is 0 Å². The molecule has 4 nitrogen and oxygen atoms in total. The average Bonchev–Trinajstić information content (AvgIpc) is 2.95. The Morgan fingerprint density at radius 2 is 2.21 bits per heavy atom. The number of nitrogens with zero attached hydrogens (tertiary/aromatic N) is 1. The van der Waals surface area contributed by atoms with Crippen molar-refractivity contribution in [2.75, 3.05) is 13.4 Å². The van der Waals surface area contributed by atoms with Crippen LogP contribution in [-0.4, -0.2) is 34.6 Å². The number of carbonyl (C=O) groups excluding carboxylic acids is 1. The number of H-pyrrole nitrogens is 1. The molecule has 1 aromatic carbocycles. The van der Waals surface area contributed by atoms with Gasteiger partial charge in [-0.15, -0.1) is 11.8 Å². The third-order valence-corrected chi connectivity index (χ3v) is 5.68. The minimum absolute atomic E-state index is 0.130. The summed E-state index contributed by atoms with van der Waals surface area (Å²) in [5.74, 6) is -0.130. The molecule has 0 aliphatic carbocycles. The first-order chi connectivity index (χ1) is 11.6. The fourth-order valence-electron chi connectivity index (χ4n) is 2.58. The largest absolute Gasteiger partial charge is 0.362 e. The molecular formula is C17H14BrClN2O2S. The van der Waals surface area contributed by atoms with Gasteiger partial charge < -0.3 is 9.72 Å². The number of hydrogen-bond acceptors (Lipinski definition) is 4. The maximum atomic E-state index is 12.9. The Hall–Kier alpha value is -1.34. The summed E-state index contributed by atoms with van der Waals surface area (Å²) in [4.78, 5) is 20.5. The third-order valence-electron chi connectivity index (χ3n) is 3.65. The number of rotatable bonds is 5. The normalized spacial score (nSPS) is 12.5. The molecule has 2 aromatic heterocycles. The van der Waals surface area contributed by atoms with E-state index in [0.717, 1.165) is 20.9 Å². The van der Waals surface area contributed by atoms with Crippen LogP contribution < -0.4 is 0 Å². The third kappa shape index (κ3) is 3.11. The summed E-state index contributed by atoms with van der Waals surface area (Å²) in [6.07, 6.45) is 3.54. The zero-order valence-electron chi connectivity index (χ0n) is 13.0. The lowest BCUT2D eigenvalue weighted by molar-refractivity contribution is 0.0791.